The number of unbranched alkanes of at least 4 members (excludes halogenated alkanes) is 2. The van der Waals surface area contributed by atoms with Crippen molar-refractivity contribution < 1.29 is 9.47 Å². The molecule has 0 saturated heterocycles. The third-order valence-electron chi connectivity index (χ3n) is 1.64. The molecule has 2 nitrogen and oxygen atoms in total. The summed E-state index contributed by atoms with van der Waals surface area (Å²) in [7, 11) is 1.70. The maximum absolute atomic E-state index is 5.35. The van der Waals surface area contributed by atoms with E-state index in [1.165, 1.54) is 25.7 Å². The first-order valence-corrected chi connectivity index (χ1v) is 7.11. The second-order valence-electron chi connectivity index (χ2n) is 2.85. The van der Waals surface area contributed by atoms with E-state index in [4.69, 9.17) is 9.47 Å². The summed E-state index contributed by atoms with van der Waals surface area (Å²) in [4.78, 5) is 0. The minimum atomic E-state index is 0.712. The van der Waals surface area contributed by atoms with Gasteiger partial charge < -0.3 is 9.47 Å². The number of methoxy groups -OCH3 is 1. The van der Waals surface area contributed by atoms with Gasteiger partial charge in [-0.05, 0) is 12.8 Å². The molecule has 0 radical (unpaired) electrons. The number of halogens is 2. The van der Waals surface area contributed by atoms with E-state index in [1.54, 1.807) is 7.11 Å². The first-order valence-electron chi connectivity index (χ1n) is 4.62. The van der Waals surface area contributed by atoms with Crippen LogP contribution in [0.2, 0.25) is 0 Å². The summed E-state index contributed by atoms with van der Waals surface area (Å²) >= 11 is 4.92. The Bertz CT molecular complexity index is 99.6. The number of hydrogen-bond donors (Lipinski definition) is 0. The zero-order valence-electron chi connectivity index (χ0n) is 8.10. The highest BCUT2D eigenvalue weighted by atomic mass is 127. The summed E-state index contributed by atoms with van der Waals surface area (Å²) in [6, 6.07) is 0. The van der Waals surface area contributed by atoms with Crippen molar-refractivity contribution in [2.75, 3.05) is 26.9 Å². The highest BCUT2D eigenvalue weighted by Crippen LogP contribution is 2.17. The Hall–Kier alpha value is 1.38. The van der Waals surface area contributed by atoms with Gasteiger partial charge in [0.05, 0.1) is 15.1 Å². The highest BCUT2D eigenvalue weighted by molar-refractivity contribution is 14.2. The summed E-state index contributed by atoms with van der Waals surface area (Å²) in [6.07, 6.45) is 5.11. The molecule has 0 unspecified atom stereocenters. The van der Waals surface area contributed by atoms with E-state index in [0.717, 1.165) is 15.1 Å². The van der Waals surface area contributed by atoms with Crippen molar-refractivity contribution in [1.29, 1.82) is 0 Å². The molecule has 0 aromatic rings. The average molecular weight is 412 g/mol. The predicted molar refractivity (Wildman–Crippen MR) is 73.0 cm³/mol. The van der Waals surface area contributed by atoms with Crippen LogP contribution in [0.5, 0.6) is 0 Å². The number of alkyl halides is 2. The molecule has 0 N–H and O–H groups in total. The van der Waals surface area contributed by atoms with Gasteiger partial charge in [-0.25, -0.2) is 0 Å². The summed E-state index contributed by atoms with van der Waals surface area (Å²) in [5.41, 5.74) is 0. The average Bonchev–Trinajstić information content (AvgIpc) is 2.09. The van der Waals surface area contributed by atoms with Crippen LogP contribution in [0.25, 0.3) is 0 Å². The van der Waals surface area contributed by atoms with Gasteiger partial charge >= 0.3 is 0 Å². The van der Waals surface area contributed by atoms with Gasteiger partial charge in [0.2, 0.25) is 0 Å². The van der Waals surface area contributed by atoms with E-state index >= 15 is 0 Å². The van der Waals surface area contributed by atoms with Gasteiger partial charge in [-0.2, -0.15) is 0 Å². The Balaban J connectivity index is 2.84. The van der Waals surface area contributed by atoms with Crippen molar-refractivity contribution in [3.63, 3.8) is 0 Å². The molecular weight excluding hydrogens is 394 g/mol. The van der Waals surface area contributed by atoms with Crippen LogP contribution < -0.4 is 0 Å². The standard InChI is InChI=1S/C9H18I2O2/c1-12-7-8-13-6-4-2-3-5-9(10)11/h9H,2-8H2,1H3. The lowest BCUT2D eigenvalue weighted by Gasteiger charge is -2.03. The molecular formula is C9H18I2O2. The molecule has 0 atom stereocenters. The topological polar surface area (TPSA) is 18.5 Å². The molecule has 0 fully saturated rings. The van der Waals surface area contributed by atoms with E-state index in [2.05, 4.69) is 45.2 Å². The van der Waals surface area contributed by atoms with Gasteiger partial charge in [0.25, 0.3) is 0 Å². The van der Waals surface area contributed by atoms with Crippen molar-refractivity contribution in [3.05, 3.63) is 0 Å². The number of hydrogen-bond acceptors (Lipinski definition) is 2. The van der Waals surface area contributed by atoms with Crippen LogP contribution in [-0.2, 0) is 9.47 Å². The Morgan fingerprint density at radius 3 is 2.38 bits per heavy atom. The van der Waals surface area contributed by atoms with Gasteiger partial charge in [-0.1, -0.05) is 58.0 Å². The molecule has 0 aromatic heterocycles. The molecule has 0 aliphatic rings. The third-order valence-corrected chi connectivity index (χ3v) is 2.89. The Morgan fingerprint density at radius 2 is 1.77 bits per heavy atom. The van der Waals surface area contributed by atoms with E-state index in [-0.39, 0.29) is 0 Å². The Labute approximate surface area is 108 Å². The molecule has 4 heteroatoms. The van der Waals surface area contributed by atoms with E-state index in [1.807, 2.05) is 0 Å². The molecule has 13 heavy (non-hydrogen) atoms. The fraction of sp³-hybridized carbons (Fsp3) is 1.00. The predicted octanol–water partition coefficient (Wildman–Crippen LogP) is 3.41. The van der Waals surface area contributed by atoms with Crippen molar-refractivity contribution in [2.45, 2.75) is 27.6 Å². The first kappa shape index (κ1) is 14.4. The van der Waals surface area contributed by atoms with Gasteiger partial charge in [-0.15, -0.1) is 0 Å². The van der Waals surface area contributed by atoms with Crippen LogP contribution in [0.4, 0.5) is 0 Å². The van der Waals surface area contributed by atoms with Gasteiger partial charge in [0, 0.05) is 13.7 Å². The van der Waals surface area contributed by atoms with E-state index in [0.29, 0.717) is 6.61 Å². The number of rotatable bonds is 9. The third kappa shape index (κ3) is 13.4. The lowest BCUT2D eigenvalue weighted by Crippen LogP contribution is -2.02. The number of ether oxygens (including phenoxy) is 2. The van der Waals surface area contributed by atoms with Crippen LogP contribution in [-0.4, -0.2) is 28.9 Å². The van der Waals surface area contributed by atoms with Crippen molar-refractivity contribution in [3.8, 4) is 0 Å². The maximum Gasteiger partial charge on any atom is 0.0700 e. The summed E-state index contributed by atoms with van der Waals surface area (Å²) in [5.74, 6) is 0. The fourth-order valence-electron chi connectivity index (χ4n) is 0.924. The van der Waals surface area contributed by atoms with Crippen LogP contribution in [0.1, 0.15) is 25.7 Å². The minimum absolute atomic E-state index is 0.712. The lowest BCUT2D eigenvalue weighted by atomic mass is 10.2. The SMILES string of the molecule is COCCOCCCCCC(I)I. The van der Waals surface area contributed by atoms with Crippen LogP contribution in [0.15, 0.2) is 0 Å². The molecule has 0 heterocycles. The zero-order valence-corrected chi connectivity index (χ0v) is 12.4. The summed E-state index contributed by atoms with van der Waals surface area (Å²) in [5, 5.41) is 0. The van der Waals surface area contributed by atoms with Crippen molar-refractivity contribution >= 4 is 45.2 Å². The van der Waals surface area contributed by atoms with Crippen LogP contribution >= 0.6 is 45.2 Å². The van der Waals surface area contributed by atoms with Crippen LogP contribution in [0.3, 0.4) is 0 Å². The molecule has 0 amide bonds. The monoisotopic (exact) mass is 412 g/mol. The largest absolute Gasteiger partial charge is 0.382 e. The molecule has 0 spiro atoms. The van der Waals surface area contributed by atoms with Gasteiger partial charge in [-0.3, -0.25) is 0 Å². The molecule has 0 aliphatic carbocycles. The molecule has 80 valence electrons. The highest BCUT2D eigenvalue weighted by Gasteiger charge is 1.96. The zero-order chi connectivity index (χ0) is 9.94. The Morgan fingerprint density at radius 1 is 1.00 bits per heavy atom. The van der Waals surface area contributed by atoms with Crippen molar-refractivity contribution in [2.24, 2.45) is 0 Å². The summed E-state index contributed by atoms with van der Waals surface area (Å²) in [6.45, 7) is 2.33. The molecule has 0 bridgehead atoms. The first-order chi connectivity index (χ1) is 6.27. The quantitative estimate of drug-likeness (QED) is 0.329. The van der Waals surface area contributed by atoms with Crippen molar-refractivity contribution in [1.82, 2.24) is 0 Å². The second kappa shape index (κ2) is 11.5. The summed E-state index contributed by atoms with van der Waals surface area (Å²) < 4.78 is 11.0. The second-order valence-corrected chi connectivity index (χ2v) is 8.24. The van der Waals surface area contributed by atoms with E-state index < -0.39 is 0 Å². The fourth-order valence-corrected chi connectivity index (χ4v) is 1.80. The molecule has 0 saturated carbocycles. The maximum atomic E-state index is 5.35. The van der Waals surface area contributed by atoms with Gasteiger partial charge in [0.1, 0.15) is 0 Å². The molecule has 0 rings (SSSR count). The molecule has 0 aromatic carbocycles. The normalized spacial score (nSPS) is 11.1. The molecule has 0 aliphatic heterocycles. The lowest BCUT2D eigenvalue weighted by molar-refractivity contribution is 0.0686. The van der Waals surface area contributed by atoms with Gasteiger partial charge in [0.15, 0.2) is 0 Å². The Kier molecular flexibility index (Phi) is 12.7. The smallest absolute Gasteiger partial charge is 0.0700 e. The van der Waals surface area contributed by atoms with E-state index in [9.17, 15) is 0 Å². The minimum Gasteiger partial charge on any atom is -0.382 e. The van der Waals surface area contributed by atoms with Crippen LogP contribution in [0, 0.1) is 0 Å².